The summed E-state index contributed by atoms with van der Waals surface area (Å²) in [6.07, 6.45) is 2.29. The molecule has 0 spiro atoms. The first kappa shape index (κ1) is 16.3. The molecule has 0 saturated carbocycles. The van der Waals surface area contributed by atoms with E-state index in [2.05, 4.69) is 10.3 Å². The van der Waals surface area contributed by atoms with E-state index in [-0.39, 0.29) is 12.5 Å². The van der Waals surface area contributed by atoms with Gasteiger partial charge in [-0.05, 0) is 37.6 Å². The summed E-state index contributed by atoms with van der Waals surface area (Å²) in [7, 11) is 0. The molecular weight excluding hydrogens is 304 g/mol. The lowest BCUT2D eigenvalue weighted by Crippen LogP contribution is -2.30. The number of hydrogen-bond acceptors (Lipinski definition) is 4. The zero-order chi connectivity index (χ0) is 16.1. The first-order valence-corrected chi connectivity index (χ1v) is 7.16. The number of carbonyl (C=O) groups is 1. The normalized spacial score (nSPS) is 11.8. The van der Waals surface area contributed by atoms with Gasteiger partial charge < -0.3 is 15.2 Å². The summed E-state index contributed by atoms with van der Waals surface area (Å²) >= 11 is 6.05. The Morgan fingerprint density at radius 1 is 1.45 bits per heavy atom. The number of hydrogen-bond donors (Lipinski definition) is 2. The van der Waals surface area contributed by atoms with Crippen molar-refractivity contribution < 1.29 is 14.6 Å². The Morgan fingerprint density at radius 3 is 2.95 bits per heavy atom. The minimum absolute atomic E-state index is 0.183. The number of nitrogens with one attached hydrogen (secondary N) is 1. The lowest BCUT2D eigenvalue weighted by molar-refractivity contribution is -0.122. The number of carbonyl (C=O) groups excluding carboxylic acids is 1. The topological polar surface area (TPSA) is 71.5 Å². The van der Waals surface area contributed by atoms with Crippen molar-refractivity contribution in [3.05, 3.63) is 52.8 Å². The quantitative estimate of drug-likeness (QED) is 0.888. The number of ether oxygens (including phenoxy) is 1. The number of rotatable bonds is 5. The van der Waals surface area contributed by atoms with Gasteiger partial charge in [0.05, 0.1) is 23.5 Å². The molecule has 116 valence electrons. The maximum atomic E-state index is 12.2. The highest BCUT2D eigenvalue weighted by Gasteiger charge is 2.17. The van der Waals surface area contributed by atoms with Crippen molar-refractivity contribution in [2.24, 2.45) is 0 Å². The van der Waals surface area contributed by atoms with Gasteiger partial charge in [0.25, 0.3) is 5.91 Å². The van der Waals surface area contributed by atoms with Gasteiger partial charge in [0.15, 0.2) is 6.10 Å². The Balaban J connectivity index is 2.07. The van der Waals surface area contributed by atoms with Crippen LogP contribution in [0.2, 0.25) is 5.02 Å². The number of aryl methyl sites for hydroxylation is 1. The average molecular weight is 321 g/mol. The lowest BCUT2D eigenvalue weighted by Gasteiger charge is -2.17. The van der Waals surface area contributed by atoms with Crippen LogP contribution in [0.4, 0.5) is 5.69 Å². The number of aromatic nitrogens is 1. The molecular formula is C16H17ClN2O3. The summed E-state index contributed by atoms with van der Waals surface area (Å²) in [4.78, 5) is 16.1. The van der Waals surface area contributed by atoms with Gasteiger partial charge in [-0.25, -0.2) is 0 Å². The lowest BCUT2D eigenvalue weighted by atomic mass is 10.2. The molecule has 22 heavy (non-hydrogen) atoms. The van der Waals surface area contributed by atoms with Gasteiger partial charge in [-0.3, -0.25) is 9.78 Å². The van der Waals surface area contributed by atoms with Crippen LogP contribution in [0.25, 0.3) is 0 Å². The number of pyridine rings is 1. The summed E-state index contributed by atoms with van der Waals surface area (Å²) in [5.74, 6) is 0.109. The number of nitrogens with zero attached hydrogens (tertiary/aromatic N) is 1. The molecule has 1 atom stereocenters. The number of amides is 1. The fraction of sp³-hybridized carbons (Fsp3) is 0.250. The third kappa shape index (κ3) is 3.96. The molecule has 2 aromatic rings. The molecule has 0 bridgehead atoms. The van der Waals surface area contributed by atoms with Crippen LogP contribution >= 0.6 is 11.6 Å². The highest BCUT2D eigenvalue weighted by molar-refractivity contribution is 6.32. The maximum absolute atomic E-state index is 12.2. The van der Waals surface area contributed by atoms with Crippen LogP contribution < -0.4 is 10.1 Å². The summed E-state index contributed by atoms with van der Waals surface area (Å²) in [6, 6.07) is 7.00. The standard InChI is InChI=1S/C16H17ClN2O3/c1-10-3-4-13(17)15(7-10)22-11(2)16(21)19-14-8-18-6-5-12(14)9-20/h3-8,11,20H,9H2,1-2H3,(H,19,21). The molecule has 2 N–H and O–H groups in total. The zero-order valence-electron chi connectivity index (χ0n) is 12.3. The van der Waals surface area contributed by atoms with Crippen LogP contribution in [0, 0.1) is 6.92 Å². The van der Waals surface area contributed by atoms with Gasteiger partial charge in [0.2, 0.25) is 0 Å². The minimum Gasteiger partial charge on any atom is -0.479 e. The van der Waals surface area contributed by atoms with E-state index in [0.29, 0.717) is 22.0 Å². The number of aliphatic hydroxyl groups is 1. The molecule has 0 fully saturated rings. The second-order valence-electron chi connectivity index (χ2n) is 4.87. The van der Waals surface area contributed by atoms with Crippen LogP contribution in [0.5, 0.6) is 5.75 Å². The van der Waals surface area contributed by atoms with Crippen LogP contribution in [0.3, 0.4) is 0 Å². The highest BCUT2D eigenvalue weighted by atomic mass is 35.5. The Hall–Kier alpha value is -2.11. The third-order valence-corrected chi connectivity index (χ3v) is 3.41. The zero-order valence-corrected chi connectivity index (χ0v) is 13.1. The van der Waals surface area contributed by atoms with Gasteiger partial charge in [0.1, 0.15) is 5.75 Å². The van der Waals surface area contributed by atoms with E-state index in [0.717, 1.165) is 5.56 Å². The summed E-state index contributed by atoms with van der Waals surface area (Å²) < 4.78 is 5.61. The highest BCUT2D eigenvalue weighted by Crippen LogP contribution is 2.26. The monoisotopic (exact) mass is 320 g/mol. The SMILES string of the molecule is Cc1ccc(Cl)c(OC(C)C(=O)Nc2cnccc2CO)c1. The molecule has 0 aliphatic heterocycles. The van der Waals surface area contributed by atoms with E-state index < -0.39 is 6.10 Å². The van der Waals surface area contributed by atoms with Crippen LogP contribution in [-0.2, 0) is 11.4 Å². The molecule has 2 rings (SSSR count). The second kappa shape index (κ2) is 7.24. The van der Waals surface area contributed by atoms with Gasteiger partial charge in [0, 0.05) is 11.8 Å². The summed E-state index contributed by atoms with van der Waals surface area (Å²) in [5, 5.41) is 12.4. The molecule has 0 aliphatic rings. The van der Waals surface area contributed by atoms with Crippen molar-refractivity contribution in [3.8, 4) is 5.75 Å². The van der Waals surface area contributed by atoms with E-state index in [1.165, 1.54) is 6.20 Å². The Bertz CT molecular complexity index is 676. The molecule has 0 aliphatic carbocycles. The molecule has 1 aromatic carbocycles. The van der Waals surface area contributed by atoms with Crippen molar-refractivity contribution in [3.63, 3.8) is 0 Å². The Kier molecular flexibility index (Phi) is 5.35. The first-order chi connectivity index (χ1) is 10.5. The molecule has 0 saturated heterocycles. The van der Waals surface area contributed by atoms with Gasteiger partial charge in [-0.1, -0.05) is 17.7 Å². The Labute approximate surface area is 133 Å². The Morgan fingerprint density at radius 2 is 2.23 bits per heavy atom. The summed E-state index contributed by atoms with van der Waals surface area (Å²) in [5.41, 5.74) is 2.03. The van der Waals surface area contributed by atoms with Crippen molar-refractivity contribution >= 4 is 23.2 Å². The fourth-order valence-electron chi connectivity index (χ4n) is 1.85. The third-order valence-electron chi connectivity index (χ3n) is 3.10. The first-order valence-electron chi connectivity index (χ1n) is 6.78. The second-order valence-corrected chi connectivity index (χ2v) is 5.28. The molecule has 1 unspecified atom stereocenters. The maximum Gasteiger partial charge on any atom is 0.265 e. The predicted molar refractivity (Wildman–Crippen MR) is 85.1 cm³/mol. The van der Waals surface area contributed by atoms with E-state index in [4.69, 9.17) is 16.3 Å². The van der Waals surface area contributed by atoms with Crippen LogP contribution in [-0.4, -0.2) is 22.1 Å². The van der Waals surface area contributed by atoms with E-state index in [1.807, 2.05) is 13.0 Å². The molecule has 6 heteroatoms. The van der Waals surface area contributed by atoms with E-state index in [9.17, 15) is 9.90 Å². The van der Waals surface area contributed by atoms with Crippen molar-refractivity contribution in [2.45, 2.75) is 26.6 Å². The number of benzene rings is 1. The van der Waals surface area contributed by atoms with Crippen LogP contribution in [0.1, 0.15) is 18.1 Å². The van der Waals surface area contributed by atoms with Crippen molar-refractivity contribution in [2.75, 3.05) is 5.32 Å². The summed E-state index contributed by atoms with van der Waals surface area (Å²) in [6.45, 7) is 3.36. The smallest absolute Gasteiger partial charge is 0.265 e. The van der Waals surface area contributed by atoms with Crippen LogP contribution in [0.15, 0.2) is 36.7 Å². The molecule has 1 aromatic heterocycles. The fourth-order valence-corrected chi connectivity index (χ4v) is 2.02. The average Bonchev–Trinajstić information content (AvgIpc) is 2.51. The van der Waals surface area contributed by atoms with Crippen molar-refractivity contribution in [1.29, 1.82) is 0 Å². The van der Waals surface area contributed by atoms with Crippen molar-refractivity contribution in [1.82, 2.24) is 4.98 Å². The molecule has 0 radical (unpaired) electrons. The van der Waals surface area contributed by atoms with E-state index in [1.54, 1.807) is 31.3 Å². The molecule has 1 heterocycles. The number of aliphatic hydroxyl groups excluding tert-OH is 1. The molecule has 5 nitrogen and oxygen atoms in total. The van der Waals surface area contributed by atoms with E-state index >= 15 is 0 Å². The number of halogens is 1. The molecule has 1 amide bonds. The minimum atomic E-state index is -0.744. The largest absolute Gasteiger partial charge is 0.479 e. The van der Waals surface area contributed by atoms with Gasteiger partial charge in [-0.2, -0.15) is 0 Å². The van der Waals surface area contributed by atoms with Gasteiger partial charge >= 0.3 is 0 Å². The predicted octanol–water partition coefficient (Wildman–Crippen LogP) is 2.94. The van der Waals surface area contributed by atoms with Gasteiger partial charge in [-0.15, -0.1) is 0 Å². The number of anilines is 1.